The average molecular weight is 278 g/mol. The Morgan fingerprint density at radius 3 is 2.81 bits per heavy atom. The maximum atomic E-state index is 13.5. The molecule has 0 radical (unpaired) electrons. The van der Waals surface area contributed by atoms with Crippen molar-refractivity contribution in [2.45, 2.75) is 0 Å². The zero-order valence-electron chi connectivity index (χ0n) is 11.0. The molecule has 3 aromatic heterocycles. The number of hydrogen-bond acceptors (Lipinski definition) is 3. The summed E-state index contributed by atoms with van der Waals surface area (Å²) in [6.45, 7) is 0. The number of rotatable bonds is 1. The fraction of sp³-hybridized carbons (Fsp3) is 0. The Morgan fingerprint density at radius 2 is 1.90 bits per heavy atom. The van der Waals surface area contributed by atoms with Crippen LogP contribution in [-0.4, -0.2) is 14.5 Å². The number of nitrogen functional groups attached to an aromatic ring is 1. The summed E-state index contributed by atoms with van der Waals surface area (Å²) >= 11 is 0. The number of anilines is 1. The number of nitrogens with zero attached hydrogens (tertiary/aromatic N) is 3. The van der Waals surface area contributed by atoms with Crippen LogP contribution in [0.5, 0.6) is 0 Å². The lowest BCUT2D eigenvalue weighted by molar-refractivity contribution is 0.634. The van der Waals surface area contributed by atoms with E-state index in [0.717, 1.165) is 27.5 Å². The van der Waals surface area contributed by atoms with Gasteiger partial charge in [0.15, 0.2) is 0 Å². The van der Waals surface area contributed by atoms with E-state index < -0.39 is 5.82 Å². The van der Waals surface area contributed by atoms with E-state index in [2.05, 4.69) is 9.97 Å². The summed E-state index contributed by atoms with van der Waals surface area (Å²) in [6, 6.07) is 8.86. The van der Waals surface area contributed by atoms with Gasteiger partial charge in [-0.05, 0) is 35.7 Å². The van der Waals surface area contributed by atoms with Crippen LogP contribution in [0, 0.1) is 5.82 Å². The third-order valence-electron chi connectivity index (χ3n) is 3.57. The van der Waals surface area contributed by atoms with E-state index >= 15 is 0 Å². The molecule has 1 aromatic carbocycles. The summed E-state index contributed by atoms with van der Waals surface area (Å²) in [5.41, 5.74) is 6.74. The van der Waals surface area contributed by atoms with E-state index in [9.17, 15) is 4.39 Å². The molecule has 0 spiro atoms. The molecular weight excluding hydrogens is 267 g/mol. The lowest BCUT2D eigenvalue weighted by atomic mass is 10.1. The van der Waals surface area contributed by atoms with Gasteiger partial charge in [-0.1, -0.05) is 0 Å². The van der Waals surface area contributed by atoms with Crippen molar-refractivity contribution in [3.63, 3.8) is 0 Å². The highest BCUT2D eigenvalue weighted by atomic mass is 19.1. The van der Waals surface area contributed by atoms with Crippen molar-refractivity contribution in [1.82, 2.24) is 14.5 Å². The summed E-state index contributed by atoms with van der Waals surface area (Å²) in [5.74, 6) is 0.323. The smallest absolute Gasteiger partial charge is 0.146 e. The van der Waals surface area contributed by atoms with Crippen LogP contribution in [0.25, 0.3) is 27.5 Å². The Hall–Kier alpha value is -2.95. The van der Waals surface area contributed by atoms with Crippen LogP contribution >= 0.6 is 0 Å². The zero-order valence-corrected chi connectivity index (χ0v) is 11.0. The second kappa shape index (κ2) is 4.28. The molecule has 0 aliphatic carbocycles. The van der Waals surface area contributed by atoms with Crippen LogP contribution in [0.2, 0.25) is 0 Å². The van der Waals surface area contributed by atoms with E-state index in [1.54, 1.807) is 24.7 Å². The van der Waals surface area contributed by atoms with Gasteiger partial charge in [0.2, 0.25) is 0 Å². The van der Waals surface area contributed by atoms with E-state index in [1.165, 1.54) is 6.07 Å². The molecule has 3 heterocycles. The molecule has 4 rings (SSSR count). The van der Waals surface area contributed by atoms with Crippen molar-refractivity contribution in [1.29, 1.82) is 0 Å². The highest BCUT2D eigenvalue weighted by Gasteiger charge is 2.07. The Labute approximate surface area is 119 Å². The second-order valence-corrected chi connectivity index (χ2v) is 4.88. The summed E-state index contributed by atoms with van der Waals surface area (Å²) in [6.07, 6.45) is 7.13. The normalized spacial score (nSPS) is 11.3. The SMILES string of the molecule is Nc1cc2cc(-n3ccc4ccncc43)ncc2cc1F. The van der Waals surface area contributed by atoms with Gasteiger partial charge in [-0.3, -0.25) is 9.55 Å². The van der Waals surface area contributed by atoms with Gasteiger partial charge in [0, 0.05) is 29.4 Å². The van der Waals surface area contributed by atoms with E-state index in [-0.39, 0.29) is 5.69 Å². The molecule has 0 atom stereocenters. The molecule has 0 amide bonds. The standard InChI is InChI=1S/C16H11FN4/c17-13-5-12-8-20-16(7-11(12)6-14(13)18)21-4-2-10-1-3-19-9-15(10)21/h1-9H,18H2. The molecule has 2 N–H and O–H groups in total. The number of benzene rings is 1. The van der Waals surface area contributed by atoms with Crippen molar-refractivity contribution in [3.8, 4) is 5.82 Å². The first kappa shape index (κ1) is 11.8. The fourth-order valence-corrected chi connectivity index (χ4v) is 2.48. The molecule has 0 bridgehead atoms. The molecule has 0 saturated carbocycles. The number of fused-ring (bicyclic) bond motifs is 2. The predicted octanol–water partition coefficient (Wildman–Crippen LogP) is 3.30. The van der Waals surface area contributed by atoms with E-state index in [1.807, 2.05) is 29.0 Å². The Morgan fingerprint density at radius 1 is 1.00 bits per heavy atom. The maximum Gasteiger partial charge on any atom is 0.146 e. The first-order valence-corrected chi connectivity index (χ1v) is 6.48. The quantitative estimate of drug-likeness (QED) is 0.543. The lowest BCUT2D eigenvalue weighted by Crippen LogP contribution is -1.97. The van der Waals surface area contributed by atoms with Crippen LogP contribution in [0.4, 0.5) is 10.1 Å². The van der Waals surface area contributed by atoms with Gasteiger partial charge in [-0.25, -0.2) is 9.37 Å². The van der Waals surface area contributed by atoms with Crippen LogP contribution in [0.15, 0.2) is 55.1 Å². The van der Waals surface area contributed by atoms with Gasteiger partial charge in [-0.2, -0.15) is 0 Å². The molecule has 5 heteroatoms. The number of nitrogens with two attached hydrogens (primary N) is 1. The van der Waals surface area contributed by atoms with Crippen molar-refractivity contribution < 1.29 is 4.39 Å². The third kappa shape index (κ3) is 1.82. The van der Waals surface area contributed by atoms with Gasteiger partial charge in [-0.15, -0.1) is 0 Å². The van der Waals surface area contributed by atoms with Crippen LogP contribution in [0.1, 0.15) is 0 Å². The molecule has 102 valence electrons. The molecule has 0 aliphatic rings. The van der Waals surface area contributed by atoms with Gasteiger partial charge in [0.1, 0.15) is 11.6 Å². The van der Waals surface area contributed by atoms with Crippen LogP contribution in [0.3, 0.4) is 0 Å². The molecular formula is C16H11FN4. The Bertz CT molecular complexity index is 975. The van der Waals surface area contributed by atoms with Crippen molar-refractivity contribution >= 4 is 27.4 Å². The molecule has 4 aromatic rings. The van der Waals surface area contributed by atoms with Crippen molar-refractivity contribution in [2.75, 3.05) is 5.73 Å². The molecule has 0 fully saturated rings. The number of hydrogen-bond donors (Lipinski definition) is 1. The third-order valence-corrected chi connectivity index (χ3v) is 3.57. The zero-order chi connectivity index (χ0) is 14.4. The van der Waals surface area contributed by atoms with E-state index in [4.69, 9.17) is 5.73 Å². The minimum Gasteiger partial charge on any atom is -0.396 e. The minimum atomic E-state index is -0.423. The Balaban J connectivity index is 1.96. The minimum absolute atomic E-state index is 0.138. The van der Waals surface area contributed by atoms with Crippen molar-refractivity contribution in [2.24, 2.45) is 0 Å². The average Bonchev–Trinajstić information content (AvgIpc) is 2.92. The molecule has 21 heavy (non-hydrogen) atoms. The first-order chi connectivity index (χ1) is 10.2. The Kier molecular flexibility index (Phi) is 2.41. The summed E-state index contributed by atoms with van der Waals surface area (Å²) < 4.78 is 15.4. The maximum absolute atomic E-state index is 13.5. The number of halogens is 1. The summed E-state index contributed by atoms with van der Waals surface area (Å²) in [4.78, 5) is 8.54. The van der Waals surface area contributed by atoms with Gasteiger partial charge >= 0.3 is 0 Å². The monoisotopic (exact) mass is 278 g/mol. The topological polar surface area (TPSA) is 56.7 Å². The second-order valence-electron chi connectivity index (χ2n) is 4.88. The first-order valence-electron chi connectivity index (χ1n) is 6.48. The van der Waals surface area contributed by atoms with Crippen LogP contribution < -0.4 is 5.73 Å². The predicted molar refractivity (Wildman–Crippen MR) is 80.7 cm³/mol. The molecule has 0 saturated heterocycles. The highest BCUT2D eigenvalue weighted by Crippen LogP contribution is 2.24. The lowest BCUT2D eigenvalue weighted by Gasteiger charge is -2.07. The fourth-order valence-electron chi connectivity index (χ4n) is 2.48. The molecule has 4 nitrogen and oxygen atoms in total. The summed E-state index contributed by atoms with van der Waals surface area (Å²) in [5, 5.41) is 2.66. The largest absolute Gasteiger partial charge is 0.396 e. The number of aromatic nitrogens is 3. The molecule has 0 aliphatic heterocycles. The summed E-state index contributed by atoms with van der Waals surface area (Å²) in [7, 11) is 0. The highest BCUT2D eigenvalue weighted by molar-refractivity contribution is 5.87. The van der Waals surface area contributed by atoms with Crippen molar-refractivity contribution in [3.05, 3.63) is 60.9 Å². The van der Waals surface area contributed by atoms with Gasteiger partial charge < -0.3 is 5.73 Å². The molecule has 0 unspecified atom stereocenters. The van der Waals surface area contributed by atoms with Crippen LogP contribution in [-0.2, 0) is 0 Å². The number of pyridine rings is 2. The van der Waals surface area contributed by atoms with E-state index in [0.29, 0.717) is 0 Å². The van der Waals surface area contributed by atoms with Gasteiger partial charge in [0.25, 0.3) is 0 Å². The van der Waals surface area contributed by atoms with Gasteiger partial charge in [0.05, 0.1) is 17.4 Å².